The van der Waals surface area contributed by atoms with Crippen molar-refractivity contribution in [2.45, 2.75) is 0 Å². The molecular formula is C15H10N2O. The van der Waals surface area contributed by atoms with E-state index in [-0.39, 0.29) is 0 Å². The number of rotatable bonds is 2. The monoisotopic (exact) mass is 234 g/mol. The van der Waals surface area contributed by atoms with Crippen LogP contribution in [0.25, 0.3) is 21.9 Å². The van der Waals surface area contributed by atoms with Crippen LogP contribution in [-0.4, -0.2) is 16.3 Å². The van der Waals surface area contributed by atoms with Gasteiger partial charge in [0.2, 0.25) is 0 Å². The minimum Gasteiger partial charge on any atom is -0.298 e. The van der Waals surface area contributed by atoms with Gasteiger partial charge in [0.05, 0.1) is 0 Å². The van der Waals surface area contributed by atoms with Crippen molar-refractivity contribution in [3.05, 3.63) is 60.7 Å². The average molecular weight is 234 g/mol. The second-order valence-corrected chi connectivity index (χ2v) is 4.03. The highest BCUT2D eigenvalue weighted by molar-refractivity contribution is 5.96. The van der Waals surface area contributed by atoms with Gasteiger partial charge in [-0.2, -0.15) is 0 Å². The Bertz CT molecular complexity index is 717. The zero-order valence-electron chi connectivity index (χ0n) is 9.58. The van der Waals surface area contributed by atoms with Crippen molar-refractivity contribution in [3.63, 3.8) is 0 Å². The van der Waals surface area contributed by atoms with Crippen LogP contribution in [0.3, 0.4) is 0 Å². The molecule has 3 aromatic rings. The first kappa shape index (κ1) is 10.6. The van der Waals surface area contributed by atoms with Gasteiger partial charge < -0.3 is 0 Å². The Balaban J connectivity index is 2.27. The number of nitrogens with zero attached hydrogens (tertiary/aromatic N) is 2. The molecule has 0 saturated carbocycles. The lowest BCUT2D eigenvalue weighted by molar-refractivity contribution is 0.112. The van der Waals surface area contributed by atoms with Crippen LogP contribution >= 0.6 is 0 Å². The summed E-state index contributed by atoms with van der Waals surface area (Å²) >= 11 is 0. The molecule has 0 amide bonds. The predicted octanol–water partition coefficient (Wildman–Crippen LogP) is 3.11. The van der Waals surface area contributed by atoms with Crippen molar-refractivity contribution in [2.75, 3.05) is 0 Å². The summed E-state index contributed by atoms with van der Waals surface area (Å²) in [5.41, 5.74) is 2.58. The number of hydrogen-bond donors (Lipinski definition) is 0. The number of carbonyl (C=O) groups is 1. The molecule has 0 atom stereocenters. The SMILES string of the molecule is O=Cc1cncc(-c2cccc3cnccc23)c1. The van der Waals surface area contributed by atoms with Crippen LogP contribution in [0.2, 0.25) is 0 Å². The zero-order chi connectivity index (χ0) is 12.4. The van der Waals surface area contributed by atoms with Gasteiger partial charge in [-0.1, -0.05) is 18.2 Å². The van der Waals surface area contributed by atoms with E-state index in [2.05, 4.69) is 9.97 Å². The van der Waals surface area contributed by atoms with E-state index in [4.69, 9.17) is 0 Å². The second-order valence-electron chi connectivity index (χ2n) is 4.03. The van der Waals surface area contributed by atoms with Crippen LogP contribution in [0, 0.1) is 0 Å². The highest BCUT2D eigenvalue weighted by atomic mass is 16.1. The maximum absolute atomic E-state index is 10.8. The molecule has 3 heteroatoms. The number of hydrogen-bond acceptors (Lipinski definition) is 3. The van der Waals surface area contributed by atoms with Crippen molar-refractivity contribution >= 4 is 17.1 Å². The van der Waals surface area contributed by atoms with Crippen LogP contribution in [0.15, 0.2) is 55.1 Å². The summed E-state index contributed by atoms with van der Waals surface area (Å²) in [6.07, 6.45) is 7.73. The minimum atomic E-state index is 0.582. The van der Waals surface area contributed by atoms with E-state index in [0.29, 0.717) is 5.56 Å². The van der Waals surface area contributed by atoms with E-state index >= 15 is 0 Å². The van der Waals surface area contributed by atoms with Gasteiger partial charge in [0.15, 0.2) is 6.29 Å². The largest absolute Gasteiger partial charge is 0.298 e. The molecule has 0 radical (unpaired) electrons. The van der Waals surface area contributed by atoms with Crippen molar-refractivity contribution in [1.82, 2.24) is 9.97 Å². The molecule has 3 rings (SSSR count). The van der Waals surface area contributed by atoms with Crippen molar-refractivity contribution in [2.24, 2.45) is 0 Å². The summed E-state index contributed by atoms with van der Waals surface area (Å²) < 4.78 is 0. The summed E-state index contributed by atoms with van der Waals surface area (Å²) in [6, 6.07) is 9.83. The molecule has 0 spiro atoms. The molecule has 1 aromatic carbocycles. The fraction of sp³-hybridized carbons (Fsp3) is 0. The smallest absolute Gasteiger partial charge is 0.151 e. The lowest BCUT2D eigenvalue weighted by Crippen LogP contribution is -1.87. The van der Waals surface area contributed by atoms with Crippen LogP contribution in [0.1, 0.15) is 10.4 Å². The molecule has 86 valence electrons. The maximum Gasteiger partial charge on any atom is 0.151 e. The summed E-state index contributed by atoms with van der Waals surface area (Å²) in [5.74, 6) is 0. The molecule has 0 aliphatic heterocycles. The maximum atomic E-state index is 10.8. The van der Waals surface area contributed by atoms with Crippen LogP contribution in [0.5, 0.6) is 0 Å². The van der Waals surface area contributed by atoms with E-state index in [0.717, 1.165) is 28.2 Å². The summed E-state index contributed by atoms with van der Waals surface area (Å²) in [6.45, 7) is 0. The van der Waals surface area contributed by atoms with Gasteiger partial charge in [-0.05, 0) is 23.1 Å². The summed E-state index contributed by atoms with van der Waals surface area (Å²) in [7, 11) is 0. The Kier molecular flexibility index (Phi) is 2.57. The Labute approximate surface area is 104 Å². The number of carbonyl (C=O) groups excluding carboxylic acids is 1. The van der Waals surface area contributed by atoms with Gasteiger partial charge >= 0.3 is 0 Å². The number of aldehydes is 1. The molecule has 0 aliphatic carbocycles. The zero-order valence-corrected chi connectivity index (χ0v) is 9.58. The standard InChI is InChI=1S/C15H10N2O/c18-10-11-6-13(9-17-7-11)14-3-1-2-12-8-16-5-4-15(12)14/h1-10H. The molecule has 2 aromatic heterocycles. The Hall–Kier alpha value is -2.55. The van der Waals surface area contributed by atoms with E-state index in [1.807, 2.05) is 36.5 Å². The summed E-state index contributed by atoms with van der Waals surface area (Å²) in [4.78, 5) is 19.0. The third-order valence-electron chi connectivity index (χ3n) is 2.89. The second kappa shape index (κ2) is 4.37. The van der Waals surface area contributed by atoms with Crippen molar-refractivity contribution in [1.29, 1.82) is 0 Å². The molecule has 0 bridgehead atoms. The van der Waals surface area contributed by atoms with E-state index < -0.39 is 0 Å². The van der Waals surface area contributed by atoms with E-state index in [9.17, 15) is 4.79 Å². The van der Waals surface area contributed by atoms with E-state index in [1.165, 1.54) is 0 Å². The molecule has 0 aliphatic rings. The molecule has 0 N–H and O–H groups in total. The minimum absolute atomic E-state index is 0.582. The summed E-state index contributed by atoms with van der Waals surface area (Å²) in [5, 5.41) is 2.18. The van der Waals surface area contributed by atoms with E-state index in [1.54, 1.807) is 18.6 Å². The Morgan fingerprint density at radius 2 is 1.94 bits per heavy atom. The fourth-order valence-corrected chi connectivity index (χ4v) is 2.04. The molecule has 18 heavy (non-hydrogen) atoms. The molecule has 0 fully saturated rings. The number of benzene rings is 1. The topological polar surface area (TPSA) is 42.9 Å². The molecule has 0 unspecified atom stereocenters. The number of aromatic nitrogens is 2. The molecule has 3 nitrogen and oxygen atoms in total. The Morgan fingerprint density at radius 3 is 2.83 bits per heavy atom. The van der Waals surface area contributed by atoms with Crippen LogP contribution in [0.4, 0.5) is 0 Å². The van der Waals surface area contributed by atoms with Gasteiger partial charge in [-0.15, -0.1) is 0 Å². The predicted molar refractivity (Wildman–Crippen MR) is 70.4 cm³/mol. The van der Waals surface area contributed by atoms with Crippen molar-refractivity contribution in [3.8, 4) is 11.1 Å². The van der Waals surface area contributed by atoms with Gasteiger partial charge in [-0.3, -0.25) is 14.8 Å². The number of fused-ring (bicyclic) bond motifs is 1. The highest BCUT2D eigenvalue weighted by Crippen LogP contribution is 2.27. The Morgan fingerprint density at radius 1 is 1.00 bits per heavy atom. The molecule has 2 heterocycles. The van der Waals surface area contributed by atoms with Crippen LogP contribution < -0.4 is 0 Å². The first-order valence-electron chi connectivity index (χ1n) is 5.62. The first-order valence-corrected chi connectivity index (χ1v) is 5.62. The third-order valence-corrected chi connectivity index (χ3v) is 2.89. The lowest BCUT2D eigenvalue weighted by atomic mass is 10.0. The third kappa shape index (κ3) is 1.76. The lowest BCUT2D eigenvalue weighted by Gasteiger charge is -2.06. The average Bonchev–Trinajstić information content (AvgIpc) is 2.47. The number of pyridine rings is 2. The van der Waals surface area contributed by atoms with Gasteiger partial charge in [-0.25, -0.2) is 0 Å². The van der Waals surface area contributed by atoms with Crippen LogP contribution in [-0.2, 0) is 0 Å². The van der Waals surface area contributed by atoms with Gasteiger partial charge in [0, 0.05) is 41.3 Å². The quantitative estimate of drug-likeness (QED) is 0.640. The van der Waals surface area contributed by atoms with Gasteiger partial charge in [0.25, 0.3) is 0 Å². The molecule has 0 saturated heterocycles. The first-order chi connectivity index (χ1) is 8.88. The normalized spacial score (nSPS) is 10.4. The fourth-order valence-electron chi connectivity index (χ4n) is 2.04. The molecular weight excluding hydrogens is 224 g/mol. The van der Waals surface area contributed by atoms with Crippen molar-refractivity contribution < 1.29 is 4.79 Å². The highest BCUT2D eigenvalue weighted by Gasteiger charge is 2.04. The van der Waals surface area contributed by atoms with Gasteiger partial charge in [0.1, 0.15) is 0 Å².